The van der Waals surface area contributed by atoms with E-state index in [1.807, 2.05) is 29.2 Å². The van der Waals surface area contributed by atoms with Crippen LogP contribution < -0.4 is 5.32 Å². The maximum atomic E-state index is 4.22. The molecule has 2 heterocycles. The fourth-order valence-corrected chi connectivity index (χ4v) is 2.25. The Morgan fingerprint density at radius 2 is 1.95 bits per heavy atom. The molecular formula is C17H18N4. The zero-order chi connectivity index (χ0) is 14.5. The minimum Gasteiger partial charge on any atom is -0.378 e. The van der Waals surface area contributed by atoms with Gasteiger partial charge in [0.25, 0.3) is 0 Å². The molecule has 0 radical (unpaired) electrons. The van der Waals surface area contributed by atoms with Crippen LogP contribution in [0.25, 0.3) is 0 Å². The molecule has 1 aromatic carbocycles. The summed E-state index contributed by atoms with van der Waals surface area (Å²) in [7, 11) is 0. The van der Waals surface area contributed by atoms with Crippen molar-refractivity contribution in [2.75, 3.05) is 5.32 Å². The summed E-state index contributed by atoms with van der Waals surface area (Å²) in [5, 5.41) is 7.70. The first-order valence-electron chi connectivity index (χ1n) is 7.04. The highest BCUT2D eigenvalue weighted by molar-refractivity contribution is 5.46. The Kier molecular flexibility index (Phi) is 3.96. The van der Waals surface area contributed by atoms with Gasteiger partial charge in [0.2, 0.25) is 0 Å². The number of pyridine rings is 1. The van der Waals surface area contributed by atoms with Gasteiger partial charge in [-0.3, -0.25) is 9.67 Å². The maximum Gasteiger partial charge on any atom is 0.0659 e. The largest absolute Gasteiger partial charge is 0.378 e. The summed E-state index contributed by atoms with van der Waals surface area (Å²) in [4.78, 5) is 4.15. The molecule has 0 aliphatic heterocycles. The summed E-state index contributed by atoms with van der Waals surface area (Å²) in [6.07, 6.45) is 7.45. The highest BCUT2D eigenvalue weighted by Gasteiger charge is 2.05. The third-order valence-corrected chi connectivity index (χ3v) is 3.43. The van der Waals surface area contributed by atoms with Gasteiger partial charge in [0.1, 0.15) is 0 Å². The standard InChI is InChI=1S/C17H18N4/c1-14(16-4-2-9-18-12-16)20-17-7-5-15(6-8-17)13-21-11-3-10-19-21/h2-12,14,20H,13H2,1H3. The normalized spacial score (nSPS) is 12.0. The van der Waals surface area contributed by atoms with Crippen LogP contribution in [0.3, 0.4) is 0 Å². The molecule has 106 valence electrons. The Morgan fingerprint density at radius 3 is 2.62 bits per heavy atom. The quantitative estimate of drug-likeness (QED) is 0.776. The molecule has 0 spiro atoms. The number of rotatable bonds is 5. The highest BCUT2D eigenvalue weighted by atomic mass is 15.3. The molecule has 0 aliphatic carbocycles. The minimum atomic E-state index is 0.232. The molecule has 0 fully saturated rings. The summed E-state index contributed by atoms with van der Waals surface area (Å²) in [6, 6.07) is 14.7. The van der Waals surface area contributed by atoms with Crippen LogP contribution >= 0.6 is 0 Å². The number of hydrogen-bond donors (Lipinski definition) is 1. The van der Waals surface area contributed by atoms with E-state index >= 15 is 0 Å². The van der Waals surface area contributed by atoms with E-state index in [1.165, 1.54) is 11.1 Å². The molecule has 0 amide bonds. The Hall–Kier alpha value is -2.62. The van der Waals surface area contributed by atoms with Crippen LogP contribution in [0.5, 0.6) is 0 Å². The number of nitrogens with zero attached hydrogens (tertiary/aromatic N) is 3. The molecule has 2 aromatic heterocycles. The first-order chi connectivity index (χ1) is 10.3. The first kappa shape index (κ1) is 13.4. The Balaban J connectivity index is 1.64. The van der Waals surface area contributed by atoms with E-state index < -0.39 is 0 Å². The fraction of sp³-hybridized carbons (Fsp3) is 0.176. The molecule has 1 N–H and O–H groups in total. The molecule has 1 atom stereocenters. The molecule has 4 nitrogen and oxygen atoms in total. The van der Waals surface area contributed by atoms with Gasteiger partial charge in [-0.1, -0.05) is 18.2 Å². The van der Waals surface area contributed by atoms with E-state index in [0.29, 0.717) is 0 Å². The second-order valence-corrected chi connectivity index (χ2v) is 5.05. The number of hydrogen-bond acceptors (Lipinski definition) is 3. The van der Waals surface area contributed by atoms with Gasteiger partial charge < -0.3 is 5.32 Å². The van der Waals surface area contributed by atoms with E-state index in [9.17, 15) is 0 Å². The third kappa shape index (κ3) is 3.48. The average molecular weight is 278 g/mol. The summed E-state index contributed by atoms with van der Waals surface area (Å²) in [5.74, 6) is 0. The van der Waals surface area contributed by atoms with Crippen molar-refractivity contribution in [2.24, 2.45) is 0 Å². The highest BCUT2D eigenvalue weighted by Crippen LogP contribution is 2.19. The Labute approximate surface area is 124 Å². The lowest BCUT2D eigenvalue weighted by Gasteiger charge is -2.15. The monoisotopic (exact) mass is 278 g/mol. The van der Waals surface area contributed by atoms with E-state index in [4.69, 9.17) is 0 Å². The van der Waals surface area contributed by atoms with E-state index in [1.54, 1.807) is 12.4 Å². The van der Waals surface area contributed by atoms with E-state index in [-0.39, 0.29) is 6.04 Å². The van der Waals surface area contributed by atoms with Gasteiger partial charge in [-0.25, -0.2) is 0 Å². The van der Waals surface area contributed by atoms with Crippen LogP contribution in [0.4, 0.5) is 5.69 Å². The molecule has 3 rings (SSSR count). The third-order valence-electron chi connectivity index (χ3n) is 3.43. The molecule has 0 bridgehead atoms. The Morgan fingerprint density at radius 1 is 1.10 bits per heavy atom. The van der Waals surface area contributed by atoms with Crippen LogP contribution in [0.15, 0.2) is 67.3 Å². The van der Waals surface area contributed by atoms with E-state index in [0.717, 1.165) is 12.2 Å². The van der Waals surface area contributed by atoms with Gasteiger partial charge in [-0.15, -0.1) is 0 Å². The summed E-state index contributed by atoms with van der Waals surface area (Å²) in [5.41, 5.74) is 3.52. The van der Waals surface area contributed by atoms with Crippen molar-refractivity contribution >= 4 is 5.69 Å². The summed E-state index contributed by atoms with van der Waals surface area (Å²) >= 11 is 0. The van der Waals surface area contributed by atoms with Crippen LogP contribution in [0.2, 0.25) is 0 Å². The zero-order valence-corrected chi connectivity index (χ0v) is 12.0. The predicted molar refractivity (Wildman–Crippen MR) is 84.0 cm³/mol. The topological polar surface area (TPSA) is 42.7 Å². The van der Waals surface area contributed by atoms with Gasteiger partial charge in [0.15, 0.2) is 0 Å². The second kappa shape index (κ2) is 6.22. The molecule has 4 heteroatoms. The lowest BCUT2D eigenvalue weighted by atomic mass is 10.1. The van der Waals surface area contributed by atoms with Gasteiger partial charge in [-0.2, -0.15) is 5.10 Å². The second-order valence-electron chi connectivity index (χ2n) is 5.05. The van der Waals surface area contributed by atoms with Crippen LogP contribution in [-0.4, -0.2) is 14.8 Å². The molecule has 0 aliphatic rings. The molecule has 1 unspecified atom stereocenters. The number of nitrogens with one attached hydrogen (secondary N) is 1. The van der Waals surface area contributed by atoms with Crippen molar-refractivity contribution in [3.63, 3.8) is 0 Å². The zero-order valence-electron chi connectivity index (χ0n) is 12.0. The molecule has 0 saturated heterocycles. The smallest absolute Gasteiger partial charge is 0.0659 e. The lowest BCUT2D eigenvalue weighted by Crippen LogP contribution is -2.07. The van der Waals surface area contributed by atoms with Gasteiger partial charge in [0, 0.05) is 30.5 Å². The van der Waals surface area contributed by atoms with Crippen LogP contribution in [0.1, 0.15) is 24.1 Å². The fourth-order valence-electron chi connectivity index (χ4n) is 2.25. The maximum absolute atomic E-state index is 4.22. The average Bonchev–Trinajstić information content (AvgIpc) is 3.03. The van der Waals surface area contributed by atoms with Crippen molar-refractivity contribution in [3.05, 3.63) is 78.4 Å². The van der Waals surface area contributed by atoms with E-state index in [2.05, 4.69) is 52.7 Å². The molecule has 0 saturated carbocycles. The number of aromatic nitrogens is 3. The summed E-state index contributed by atoms with van der Waals surface area (Å²) < 4.78 is 1.92. The molecule has 21 heavy (non-hydrogen) atoms. The van der Waals surface area contributed by atoms with Crippen molar-refractivity contribution in [3.8, 4) is 0 Å². The van der Waals surface area contributed by atoms with Crippen LogP contribution in [-0.2, 0) is 6.54 Å². The van der Waals surface area contributed by atoms with Gasteiger partial charge in [0.05, 0.1) is 12.6 Å². The van der Waals surface area contributed by atoms with Crippen molar-refractivity contribution in [1.29, 1.82) is 0 Å². The predicted octanol–water partition coefficient (Wildman–Crippen LogP) is 3.50. The van der Waals surface area contributed by atoms with Gasteiger partial charge in [-0.05, 0) is 42.3 Å². The van der Waals surface area contributed by atoms with Crippen molar-refractivity contribution < 1.29 is 0 Å². The minimum absolute atomic E-state index is 0.232. The van der Waals surface area contributed by atoms with Crippen molar-refractivity contribution in [2.45, 2.75) is 19.5 Å². The Bertz CT molecular complexity index is 660. The number of benzene rings is 1. The van der Waals surface area contributed by atoms with Crippen LogP contribution in [0, 0.1) is 0 Å². The summed E-state index contributed by atoms with van der Waals surface area (Å²) in [6.45, 7) is 2.93. The molecular weight excluding hydrogens is 260 g/mol. The van der Waals surface area contributed by atoms with Gasteiger partial charge >= 0.3 is 0 Å². The number of anilines is 1. The van der Waals surface area contributed by atoms with Crippen molar-refractivity contribution in [1.82, 2.24) is 14.8 Å². The SMILES string of the molecule is CC(Nc1ccc(Cn2cccn2)cc1)c1cccnc1. The lowest BCUT2D eigenvalue weighted by molar-refractivity contribution is 0.687. The first-order valence-corrected chi connectivity index (χ1v) is 7.04. The molecule has 3 aromatic rings.